The van der Waals surface area contributed by atoms with Crippen molar-refractivity contribution in [1.29, 1.82) is 0 Å². The SMILES string of the molecule is CC[C@H](C)[C@@H]1NC(=O)CNC(=O)[C@@H]2Cc3c([nH]c4cc(OCc5ccc(NC(=O)[C@H](C)NC(=O)[C@@H](NC(=O)CCN6C(=O)CC(C)C6=O)C(C)C)cc5)ccc34)S(=O)C[C@H](NC(=O)CNC1=O)C(=O)N[C@@H](CC(N)=O)C(=O)N1C[C@H](O)C[C@H]1C(=O)N[C@@H]([C@@H](C)[C@@H](O)CO)C(=O)N2. The number of anilines is 1. The van der Waals surface area contributed by atoms with Crippen LogP contribution in [0.1, 0.15) is 91.7 Å². The van der Waals surface area contributed by atoms with Crippen LogP contribution in [0.5, 0.6) is 5.75 Å². The Kier molecular flexibility index (Phi) is 25.3. The van der Waals surface area contributed by atoms with Crippen molar-refractivity contribution < 1.29 is 91.4 Å². The van der Waals surface area contributed by atoms with E-state index in [1.165, 1.54) is 32.0 Å². The first-order valence-electron chi connectivity index (χ1n) is 31.5. The molecule has 2 bridgehead atoms. The fourth-order valence-corrected chi connectivity index (χ4v) is 12.7. The van der Waals surface area contributed by atoms with Crippen molar-refractivity contribution in [2.45, 2.75) is 159 Å². The average Bonchev–Trinajstić information content (AvgIpc) is 1.62. The lowest BCUT2D eigenvalue weighted by molar-refractivity contribution is -0.144. The molecule has 2 fully saturated rings. The molecule has 4 aliphatic heterocycles. The number of nitrogens with two attached hydrogens (primary N) is 1. The number of benzene rings is 2. The Balaban J connectivity index is 1.19. The third-order valence-corrected chi connectivity index (χ3v) is 18.6. The Bertz CT molecular complexity index is 3530. The largest absolute Gasteiger partial charge is 0.489 e. The molecule has 1 aromatic heterocycles. The van der Waals surface area contributed by atoms with Crippen LogP contribution in [0.15, 0.2) is 47.5 Å². The normalized spacial score (nSPS) is 25.1. The fourth-order valence-electron chi connectivity index (χ4n) is 11.3. The molecule has 0 radical (unpaired) electrons. The van der Waals surface area contributed by atoms with Crippen LogP contribution >= 0.6 is 0 Å². The van der Waals surface area contributed by atoms with Crippen molar-refractivity contribution in [3.8, 4) is 5.75 Å². The van der Waals surface area contributed by atoms with Crippen molar-refractivity contribution in [2.75, 3.05) is 43.9 Å². The van der Waals surface area contributed by atoms with Crippen molar-refractivity contribution in [1.82, 2.24) is 62.6 Å². The van der Waals surface area contributed by atoms with E-state index in [9.17, 15) is 82.4 Å². The number of fused-ring (bicyclic) bond motifs is 5. The number of carbonyl (C=O) groups excluding carboxylic acids is 14. The number of aliphatic hydroxyl groups is 3. The van der Waals surface area contributed by atoms with Crippen molar-refractivity contribution >= 4 is 110 Å². The molecule has 33 nitrogen and oxygen atoms in total. The van der Waals surface area contributed by atoms with Crippen LogP contribution in [-0.4, -0.2) is 216 Å². The highest BCUT2D eigenvalue weighted by Crippen LogP contribution is 2.31. The lowest BCUT2D eigenvalue weighted by Gasteiger charge is -2.32. The number of rotatable bonds is 19. The van der Waals surface area contributed by atoms with E-state index in [4.69, 9.17) is 10.5 Å². The number of H-pyrrole nitrogens is 1. The number of nitrogens with one attached hydrogen (secondary N) is 11. The number of carbonyl (C=O) groups is 14. The van der Waals surface area contributed by atoms with E-state index in [1.807, 2.05) is 0 Å². The Morgan fingerprint density at radius 2 is 1.45 bits per heavy atom. The minimum Gasteiger partial charge on any atom is -0.489 e. The van der Waals surface area contributed by atoms with E-state index < -0.39 is 217 Å². The van der Waals surface area contributed by atoms with E-state index in [2.05, 4.69) is 58.2 Å². The molecule has 14 atom stereocenters. The van der Waals surface area contributed by atoms with Crippen LogP contribution in [0.3, 0.4) is 0 Å². The second-order valence-electron chi connectivity index (χ2n) is 24.9. The zero-order valence-corrected chi connectivity index (χ0v) is 54.9. The van der Waals surface area contributed by atoms with Crippen molar-refractivity contribution in [3.05, 3.63) is 53.6 Å². The molecule has 4 aliphatic rings. The van der Waals surface area contributed by atoms with Crippen LogP contribution in [0.25, 0.3) is 10.9 Å². The highest BCUT2D eigenvalue weighted by atomic mass is 32.2. The van der Waals surface area contributed by atoms with Gasteiger partial charge in [-0.15, -0.1) is 0 Å². The van der Waals surface area contributed by atoms with Gasteiger partial charge in [0, 0.05) is 67.7 Å². The van der Waals surface area contributed by atoms with Gasteiger partial charge in [0.2, 0.25) is 82.7 Å². The lowest BCUT2D eigenvalue weighted by atomic mass is 9.93. The first kappa shape index (κ1) is 74.0. The van der Waals surface area contributed by atoms with Crippen LogP contribution in [0, 0.1) is 23.7 Å². The zero-order chi connectivity index (χ0) is 70.6. The quantitative estimate of drug-likeness (QED) is 0.0502. The Labute approximate surface area is 553 Å². The summed E-state index contributed by atoms with van der Waals surface area (Å²) >= 11 is 0. The van der Waals surface area contributed by atoms with Crippen molar-refractivity contribution in [2.24, 2.45) is 29.4 Å². The molecule has 522 valence electrons. The standard InChI is InChI=1S/C62H84N14O19S/c1-8-29(4)51-57(89)65-22-47(82)68-42-27-96(94)60-38(20-40(54(86)64-23-48(83)73-51)69-59(91)52(31(6)44(79)25-77)74-56(88)43-18-35(78)24-76(43)62(93)41(21-45(63)80)70-55(42)87)37-14-13-36(19-39(37)71-60)95-26-33-9-11-34(12-10-33)67-53(85)32(7)66-58(90)50(28(2)3)72-46(81)15-16-75-49(84)17-30(5)61(75)92/h9-14,19,28-32,35,40-44,50-52,71,77-79H,8,15-18,20-27H2,1-7H3,(H2,63,80)(H,64,86)(H,65,89)(H,66,90)(H,67,85)(H,68,82)(H,69,91)(H,70,87)(H,72,81)(H,73,83)(H,74,88)/t29-,30?,31-,32-,35+,40-,41-,42-,43-,44-,50-,51-,52-,96?/m0/s1. The number of ether oxygens (including phenoxy) is 1. The van der Waals surface area contributed by atoms with Gasteiger partial charge in [-0.25, -0.2) is 0 Å². The smallest absolute Gasteiger partial charge is 0.246 e. The fraction of sp³-hybridized carbons (Fsp3) is 0.548. The monoisotopic (exact) mass is 1360 g/mol. The second-order valence-corrected chi connectivity index (χ2v) is 26.3. The molecule has 34 heteroatoms. The molecular formula is C62H84N14O19S. The van der Waals surface area contributed by atoms with E-state index >= 15 is 4.21 Å². The van der Waals surface area contributed by atoms with Crippen LogP contribution < -0.4 is 63.6 Å². The van der Waals surface area contributed by atoms with Gasteiger partial charge in [-0.05, 0) is 54.2 Å². The molecule has 2 saturated heterocycles. The summed E-state index contributed by atoms with van der Waals surface area (Å²) in [6, 6.07) is -1.50. The van der Waals surface area contributed by atoms with Gasteiger partial charge in [0.1, 0.15) is 65.7 Å². The Morgan fingerprint density at radius 1 is 0.771 bits per heavy atom. The summed E-state index contributed by atoms with van der Waals surface area (Å²) in [5.74, 6) is -15.6. The first-order chi connectivity index (χ1) is 45.4. The predicted molar refractivity (Wildman–Crippen MR) is 339 cm³/mol. The summed E-state index contributed by atoms with van der Waals surface area (Å²) in [6.45, 7) is 7.78. The van der Waals surface area contributed by atoms with Gasteiger partial charge in [-0.1, -0.05) is 60.1 Å². The van der Waals surface area contributed by atoms with Gasteiger partial charge in [0.15, 0.2) is 0 Å². The molecule has 0 spiro atoms. The summed E-state index contributed by atoms with van der Waals surface area (Å²) in [7, 11) is -2.48. The van der Waals surface area contributed by atoms with Crippen LogP contribution in [-0.2, 0) is 91.0 Å². The topological polar surface area (TPSA) is 495 Å². The van der Waals surface area contributed by atoms with E-state index in [0.717, 1.165) is 9.80 Å². The minimum atomic E-state index is -2.48. The summed E-state index contributed by atoms with van der Waals surface area (Å²) < 4.78 is 21.4. The number of aromatic amines is 1. The molecule has 96 heavy (non-hydrogen) atoms. The number of likely N-dealkylation sites (tertiary alicyclic amines) is 1. The summed E-state index contributed by atoms with van der Waals surface area (Å²) in [4.78, 5) is 196. The number of aromatic nitrogens is 1. The Hall–Kier alpha value is -9.41. The molecule has 0 saturated carbocycles. The maximum absolute atomic E-state index is 15.2. The van der Waals surface area contributed by atoms with E-state index in [1.54, 1.807) is 58.9 Å². The number of imide groups is 1. The number of aliphatic hydroxyl groups excluding tert-OH is 3. The van der Waals surface area contributed by atoms with Gasteiger partial charge < -0.3 is 88.8 Å². The number of primary amides is 1. The van der Waals surface area contributed by atoms with E-state index in [-0.39, 0.29) is 65.0 Å². The lowest BCUT2D eigenvalue weighted by Crippen LogP contribution is -2.62. The second kappa shape index (κ2) is 32.8. The molecule has 5 heterocycles. The highest BCUT2D eigenvalue weighted by Gasteiger charge is 2.46. The third kappa shape index (κ3) is 18.7. The van der Waals surface area contributed by atoms with E-state index in [0.29, 0.717) is 17.7 Å². The molecule has 3 aromatic rings. The molecular weight excluding hydrogens is 1280 g/mol. The summed E-state index contributed by atoms with van der Waals surface area (Å²) in [6.07, 6.45) is -4.87. The number of amides is 14. The number of hydrogen-bond donors (Lipinski definition) is 15. The minimum absolute atomic E-state index is 0.0494. The molecule has 14 amide bonds. The maximum atomic E-state index is 15.2. The molecule has 16 N–H and O–H groups in total. The maximum Gasteiger partial charge on any atom is 0.246 e. The van der Waals surface area contributed by atoms with Crippen LogP contribution in [0.4, 0.5) is 5.69 Å². The highest BCUT2D eigenvalue weighted by molar-refractivity contribution is 7.85. The first-order valence-corrected chi connectivity index (χ1v) is 32.8. The molecule has 0 aliphatic carbocycles. The average molecular weight is 1360 g/mol. The third-order valence-electron chi connectivity index (χ3n) is 17.2. The molecule has 2 aromatic carbocycles. The van der Waals surface area contributed by atoms with Crippen molar-refractivity contribution in [3.63, 3.8) is 0 Å². The van der Waals surface area contributed by atoms with Gasteiger partial charge in [-0.3, -0.25) is 76.2 Å². The van der Waals surface area contributed by atoms with Gasteiger partial charge in [-0.2, -0.15) is 0 Å². The molecule has 2 unspecified atom stereocenters. The molecule has 7 rings (SSSR count). The number of hydrogen-bond acceptors (Lipinski definition) is 19. The summed E-state index contributed by atoms with van der Waals surface area (Å²) in [5, 5.41) is 57.2. The zero-order valence-electron chi connectivity index (χ0n) is 54.1. The Morgan fingerprint density at radius 3 is 2.08 bits per heavy atom. The van der Waals surface area contributed by atoms with Gasteiger partial charge >= 0.3 is 0 Å². The summed E-state index contributed by atoms with van der Waals surface area (Å²) in [5.41, 5.74) is 6.74. The van der Waals surface area contributed by atoms with Crippen LogP contribution in [0.2, 0.25) is 0 Å². The predicted octanol–water partition coefficient (Wildman–Crippen LogP) is -4.68. The van der Waals surface area contributed by atoms with Gasteiger partial charge in [0.25, 0.3) is 0 Å². The number of nitrogens with zero attached hydrogens (tertiary/aromatic N) is 2. The van der Waals surface area contributed by atoms with Gasteiger partial charge in [0.05, 0.1) is 60.4 Å².